The van der Waals surface area contributed by atoms with Gasteiger partial charge in [0, 0.05) is 0 Å². The van der Waals surface area contributed by atoms with Crippen LogP contribution in [-0.2, 0) is 19.6 Å². The third-order valence-corrected chi connectivity index (χ3v) is 7.41. The van der Waals surface area contributed by atoms with E-state index in [0.717, 1.165) is 19.3 Å². The number of benzene rings is 1. The van der Waals surface area contributed by atoms with Gasteiger partial charge in [0.15, 0.2) is 5.44 Å². The largest absolute Gasteiger partial charge is 1.00 e. The van der Waals surface area contributed by atoms with Crippen LogP contribution in [0.4, 0.5) is 0 Å². The summed E-state index contributed by atoms with van der Waals surface area (Å²) in [5, 5.41) is 0. The summed E-state index contributed by atoms with van der Waals surface area (Å²) < 4.78 is 44.3. The van der Waals surface area contributed by atoms with Crippen molar-refractivity contribution in [2.75, 3.05) is 6.61 Å². The molecule has 1 aromatic carbocycles. The fourth-order valence-corrected chi connectivity index (χ4v) is 4.97. The molecule has 38 heavy (non-hydrogen) atoms. The number of carbonyl (C=O) groups is 2. The monoisotopic (exact) mass is 562 g/mol. The van der Waals surface area contributed by atoms with Crippen LogP contribution < -0.4 is 29.6 Å². The molecule has 0 amide bonds. The van der Waals surface area contributed by atoms with Crippen LogP contribution in [0.3, 0.4) is 0 Å². The molecule has 9 heteroatoms. The fraction of sp³-hybridized carbons (Fsp3) is 0.724. The molecular formula is C29H47NaO7S. The predicted molar refractivity (Wildman–Crippen MR) is 145 cm³/mol. The minimum Gasteiger partial charge on any atom is -0.745 e. The smallest absolute Gasteiger partial charge is 0.745 e. The van der Waals surface area contributed by atoms with Gasteiger partial charge in [-0.25, -0.2) is 18.0 Å². The average molecular weight is 563 g/mol. The SMILES string of the molecule is CCCCCCCCCCCCCCCCCOC(=O)c1ccccc1C(=O)OC(CCC)S(=O)(=O)[O-].[Na+]. The quantitative estimate of drug-likeness (QED) is 0.0883. The summed E-state index contributed by atoms with van der Waals surface area (Å²) in [4.78, 5) is 25.0. The van der Waals surface area contributed by atoms with E-state index in [2.05, 4.69) is 6.92 Å². The molecule has 0 heterocycles. The molecule has 1 aromatic rings. The fourth-order valence-electron chi connectivity index (χ4n) is 4.24. The van der Waals surface area contributed by atoms with Crippen LogP contribution >= 0.6 is 0 Å². The minimum absolute atomic E-state index is 0. The molecular weight excluding hydrogens is 515 g/mol. The summed E-state index contributed by atoms with van der Waals surface area (Å²) in [6, 6.07) is 5.89. The van der Waals surface area contributed by atoms with E-state index in [9.17, 15) is 22.6 Å². The van der Waals surface area contributed by atoms with E-state index in [1.807, 2.05) is 0 Å². The summed E-state index contributed by atoms with van der Waals surface area (Å²) in [7, 11) is -4.81. The van der Waals surface area contributed by atoms with Gasteiger partial charge in [-0.05, 0) is 25.0 Å². The Morgan fingerprint density at radius 1 is 0.711 bits per heavy atom. The van der Waals surface area contributed by atoms with Gasteiger partial charge in [0.2, 0.25) is 0 Å². The topological polar surface area (TPSA) is 110 Å². The van der Waals surface area contributed by atoms with Crippen molar-refractivity contribution in [1.29, 1.82) is 0 Å². The standard InChI is InChI=1S/C29H48O7S.Na/c1-3-5-6-7-8-9-10-11-12-13-14-15-16-17-20-24-35-28(30)25-22-18-19-23-26(25)29(31)36-27(21-4-2)37(32,33)34;/h18-19,22-23,27H,3-17,20-21,24H2,1-2H3,(H,32,33,34);/q;+1/p-1. The second-order valence-electron chi connectivity index (χ2n) is 9.75. The molecule has 0 saturated carbocycles. The third kappa shape index (κ3) is 16.9. The van der Waals surface area contributed by atoms with Gasteiger partial charge in [-0.3, -0.25) is 0 Å². The van der Waals surface area contributed by atoms with Crippen molar-refractivity contribution in [3.63, 3.8) is 0 Å². The Labute approximate surface area is 252 Å². The summed E-state index contributed by atoms with van der Waals surface area (Å²) in [6.07, 6.45) is 19.0. The van der Waals surface area contributed by atoms with Crippen LogP contribution in [0.1, 0.15) is 144 Å². The number of esters is 2. The molecule has 1 unspecified atom stereocenters. The number of ether oxygens (including phenoxy) is 2. The second kappa shape index (κ2) is 22.8. The van der Waals surface area contributed by atoms with Crippen LogP contribution in [0.5, 0.6) is 0 Å². The van der Waals surface area contributed by atoms with Crippen molar-refractivity contribution in [3.8, 4) is 0 Å². The first kappa shape index (κ1) is 37.1. The predicted octanol–water partition coefficient (Wildman–Crippen LogP) is 4.55. The first-order chi connectivity index (χ1) is 17.8. The zero-order chi connectivity index (χ0) is 27.4. The first-order valence-electron chi connectivity index (χ1n) is 14.2. The van der Waals surface area contributed by atoms with Crippen molar-refractivity contribution in [1.82, 2.24) is 0 Å². The third-order valence-electron chi connectivity index (χ3n) is 6.43. The van der Waals surface area contributed by atoms with Crippen LogP contribution in [0, 0.1) is 0 Å². The first-order valence-corrected chi connectivity index (χ1v) is 15.7. The molecule has 7 nitrogen and oxygen atoms in total. The van der Waals surface area contributed by atoms with Crippen LogP contribution in [-0.4, -0.2) is 37.0 Å². The van der Waals surface area contributed by atoms with E-state index in [-0.39, 0.29) is 53.7 Å². The summed E-state index contributed by atoms with van der Waals surface area (Å²) >= 11 is 0. The van der Waals surface area contributed by atoms with Gasteiger partial charge in [-0.2, -0.15) is 0 Å². The minimum atomic E-state index is -4.81. The van der Waals surface area contributed by atoms with Gasteiger partial charge in [-0.1, -0.05) is 122 Å². The number of hydrogen-bond donors (Lipinski definition) is 0. The van der Waals surface area contributed by atoms with E-state index in [4.69, 9.17) is 9.47 Å². The van der Waals surface area contributed by atoms with E-state index in [1.165, 1.54) is 95.2 Å². The van der Waals surface area contributed by atoms with Crippen molar-refractivity contribution in [3.05, 3.63) is 35.4 Å². The van der Waals surface area contributed by atoms with E-state index >= 15 is 0 Å². The Morgan fingerprint density at radius 3 is 1.55 bits per heavy atom. The van der Waals surface area contributed by atoms with Gasteiger partial charge in [0.1, 0.15) is 10.1 Å². The maximum absolute atomic E-state index is 12.5. The van der Waals surface area contributed by atoms with Crippen molar-refractivity contribution >= 4 is 22.1 Å². The summed E-state index contributed by atoms with van der Waals surface area (Å²) in [5.74, 6) is -1.70. The van der Waals surface area contributed by atoms with E-state index in [1.54, 1.807) is 13.0 Å². The summed E-state index contributed by atoms with van der Waals surface area (Å²) in [6.45, 7) is 4.17. The zero-order valence-corrected chi connectivity index (χ0v) is 26.7. The Hall–Kier alpha value is -0.930. The molecule has 1 atom stereocenters. The van der Waals surface area contributed by atoms with E-state index in [0.29, 0.717) is 6.42 Å². The van der Waals surface area contributed by atoms with Crippen LogP contribution in [0.25, 0.3) is 0 Å². The van der Waals surface area contributed by atoms with Crippen molar-refractivity contribution < 1.29 is 61.6 Å². The molecule has 1 rings (SSSR count). The number of rotatable bonds is 22. The van der Waals surface area contributed by atoms with Gasteiger partial charge >= 0.3 is 41.5 Å². The molecule has 0 bridgehead atoms. The van der Waals surface area contributed by atoms with Gasteiger partial charge in [0.05, 0.1) is 17.7 Å². The molecule has 212 valence electrons. The maximum atomic E-state index is 12.5. The van der Waals surface area contributed by atoms with E-state index < -0.39 is 27.5 Å². The molecule has 0 aliphatic carbocycles. The molecule has 0 fully saturated rings. The molecule has 0 aliphatic rings. The molecule has 0 aliphatic heterocycles. The van der Waals surface area contributed by atoms with Gasteiger partial charge in [0.25, 0.3) is 0 Å². The number of hydrogen-bond acceptors (Lipinski definition) is 7. The Bertz CT molecular complexity index is 873. The molecule has 0 radical (unpaired) electrons. The normalized spacial score (nSPS) is 12.0. The Morgan fingerprint density at radius 2 is 1.13 bits per heavy atom. The van der Waals surface area contributed by atoms with Crippen LogP contribution in [0.2, 0.25) is 0 Å². The van der Waals surface area contributed by atoms with Crippen molar-refractivity contribution in [2.24, 2.45) is 0 Å². The maximum Gasteiger partial charge on any atom is 1.00 e. The second-order valence-corrected chi connectivity index (χ2v) is 11.3. The Balaban J connectivity index is 0.0000137. The van der Waals surface area contributed by atoms with Crippen molar-refractivity contribution in [2.45, 2.75) is 128 Å². The molecule has 0 N–H and O–H groups in total. The van der Waals surface area contributed by atoms with Gasteiger partial charge in [-0.15, -0.1) is 0 Å². The molecule has 0 aromatic heterocycles. The Kier molecular flexibility index (Phi) is 22.3. The van der Waals surface area contributed by atoms with Gasteiger partial charge < -0.3 is 14.0 Å². The van der Waals surface area contributed by atoms with Crippen LogP contribution in [0.15, 0.2) is 24.3 Å². The molecule has 0 spiro atoms. The number of unbranched alkanes of at least 4 members (excludes halogenated alkanes) is 14. The molecule has 0 saturated heterocycles. The summed E-state index contributed by atoms with van der Waals surface area (Å²) in [5.41, 5.74) is -1.91. The number of carbonyl (C=O) groups excluding carboxylic acids is 2. The zero-order valence-electron chi connectivity index (χ0n) is 23.9. The average Bonchev–Trinajstić information content (AvgIpc) is 2.87.